The van der Waals surface area contributed by atoms with Gasteiger partial charge in [0, 0.05) is 16.9 Å². The van der Waals surface area contributed by atoms with Crippen LogP contribution in [-0.2, 0) is 6.42 Å². The van der Waals surface area contributed by atoms with Gasteiger partial charge in [0.2, 0.25) is 4.96 Å². The van der Waals surface area contributed by atoms with Gasteiger partial charge in [-0.1, -0.05) is 53.8 Å². The van der Waals surface area contributed by atoms with Gasteiger partial charge < -0.3 is 0 Å². The number of hydrogen-bond acceptors (Lipinski definition) is 6. The molecule has 0 saturated heterocycles. The van der Waals surface area contributed by atoms with Crippen molar-refractivity contribution in [3.63, 3.8) is 0 Å². The molecule has 7 heteroatoms. The predicted octanol–water partition coefficient (Wildman–Crippen LogP) is 3.53. The summed E-state index contributed by atoms with van der Waals surface area (Å²) in [7, 11) is 0. The van der Waals surface area contributed by atoms with E-state index in [0.717, 1.165) is 16.1 Å². The average Bonchev–Trinajstić information content (AvgIpc) is 3.11. The van der Waals surface area contributed by atoms with Crippen molar-refractivity contribution in [1.82, 2.24) is 19.8 Å². The van der Waals surface area contributed by atoms with Gasteiger partial charge in [0.25, 0.3) is 5.56 Å². The second kappa shape index (κ2) is 6.78. The number of rotatable bonds is 4. The Morgan fingerprint density at radius 1 is 1.04 bits per heavy atom. The monoisotopic (exact) mass is 366 g/mol. The van der Waals surface area contributed by atoms with Crippen LogP contribution >= 0.6 is 23.1 Å². The van der Waals surface area contributed by atoms with Crippen molar-refractivity contribution in [3.8, 4) is 10.6 Å². The Hall–Kier alpha value is -2.51. The van der Waals surface area contributed by atoms with Gasteiger partial charge in [0.05, 0.1) is 0 Å². The smallest absolute Gasteiger partial charge is 0.265 e. The molecule has 5 nitrogen and oxygen atoms in total. The van der Waals surface area contributed by atoms with Gasteiger partial charge in [0.15, 0.2) is 0 Å². The molecule has 0 radical (unpaired) electrons. The van der Waals surface area contributed by atoms with Crippen LogP contribution in [0.3, 0.4) is 0 Å². The minimum absolute atomic E-state index is 0.211. The number of hydrogen-bond donors (Lipinski definition) is 0. The SMILES string of the molecule is CSc1ccc(Cc2nnc3sc(-c4ccccc4)nn3c2=O)cc1. The van der Waals surface area contributed by atoms with Crippen LogP contribution in [0, 0.1) is 0 Å². The standard InChI is InChI=1S/C18H14N4OS2/c1-24-14-9-7-12(8-10-14)11-15-17(23)22-18(20-19-15)25-16(21-22)13-5-3-2-4-6-13/h2-10H,11H2,1H3. The summed E-state index contributed by atoms with van der Waals surface area (Å²) in [6.45, 7) is 0. The second-order valence-electron chi connectivity index (χ2n) is 5.44. The van der Waals surface area contributed by atoms with Gasteiger partial charge in [-0.05, 0) is 24.0 Å². The van der Waals surface area contributed by atoms with Crippen LogP contribution in [-0.4, -0.2) is 26.1 Å². The molecule has 124 valence electrons. The predicted molar refractivity (Wildman–Crippen MR) is 101 cm³/mol. The number of aromatic nitrogens is 4. The summed E-state index contributed by atoms with van der Waals surface area (Å²) in [5, 5.41) is 13.5. The summed E-state index contributed by atoms with van der Waals surface area (Å²) in [5.74, 6) is 0. The normalized spacial score (nSPS) is 11.1. The summed E-state index contributed by atoms with van der Waals surface area (Å²) < 4.78 is 1.35. The van der Waals surface area contributed by atoms with Crippen molar-refractivity contribution in [2.75, 3.05) is 6.26 Å². The zero-order chi connectivity index (χ0) is 17.2. The molecule has 4 aromatic rings. The number of benzene rings is 2. The molecule has 2 heterocycles. The largest absolute Gasteiger partial charge is 0.297 e. The fraction of sp³-hybridized carbons (Fsp3) is 0.111. The van der Waals surface area contributed by atoms with Crippen LogP contribution in [0.25, 0.3) is 15.5 Å². The highest BCUT2D eigenvalue weighted by Crippen LogP contribution is 2.23. The fourth-order valence-corrected chi connectivity index (χ4v) is 3.74. The number of thioether (sulfide) groups is 1. The Kier molecular flexibility index (Phi) is 4.33. The van der Waals surface area contributed by atoms with E-state index in [2.05, 4.69) is 15.3 Å². The van der Waals surface area contributed by atoms with Gasteiger partial charge in [-0.25, -0.2) is 0 Å². The van der Waals surface area contributed by atoms with Crippen LogP contribution in [0.2, 0.25) is 0 Å². The number of fused-ring (bicyclic) bond motifs is 1. The van der Waals surface area contributed by atoms with Crippen LogP contribution in [0.5, 0.6) is 0 Å². The molecule has 0 fully saturated rings. The third-order valence-electron chi connectivity index (χ3n) is 3.81. The van der Waals surface area contributed by atoms with Crippen LogP contribution in [0.4, 0.5) is 0 Å². The Morgan fingerprint density at radius 2 is 1.80 bits per heavy atom. The fourth-order valence-electron chi connectivity index (χ4n) is 2.49. The third kappa shape index (κ3) is 3.20. The van der Waals surface area contributed by atoms with Crippen LogP contribution in [0.15, 0.2) is 64.3 Å². The highest BCUT2D eigenvalue weighted by molar-refractivity contribution is 7.98. The van der Waals surface area contributed by atoms with Crippen molar-refractivity contribution in [1.29, 1.82) is 0 Å². The van der Waals surface area contributed by atoms with E-state index in [1.807, 2.05) is 60.9 Å². The van der Waals surface area contributed by atoms with Crippen molar-refractivity contribution >= 4 is 28.1 Å². The molecule has 0 spiro atoms. The Bertz CT molecular complexity index is 1070. The van der Waals surface area contributed by atoms with E-state index in [1.165, 1.54) is 20.7 Å². The highest BCUT2D eigenvalue weighted by atomic mass is 32.2. The summed E-state index contributed by atoms with van der Waals surface area (Å²) in [5.41, 5.74) is 2.19. The minimum Gasteiger partial charge on any atom is -0.265 e. The first-order valence-corrected chi connectivity index (χ1v) is 9.72. The molecule has 0 atom stereocenters. The van der Waals surface area contributed by atoms with Crippen molar-refractivity contribution in [2.24, 2.45) is 0 Å². The summed E-state index contributed by atoms with van der Waals surface area (Å²) in [6.07, 6.45) is 2.48. The maximum Gasteiger partial charge on any atom is 0.297 e. The van der Waals surface area contributed by atoms with Gasteiger partial charge in [-0.15, -0.1) is 22.0 Å². The molecule has 2 aromatic heterocycles. The van der Waals surface area contributed by atoms with E-state index in [1.54, 1.807) is 11.8 Å². The van der Waals surface area contributed by atoms with E-state index in [9.17, 15) is 4.79 Å². The Morgan fingerprint density at radius 3 is 2.52 bits per heavy atom. The van der Waals surface area contributed by atoms with E-state index in [-0.39, 0.29) is 5.56 Å². The van der Waals surface area contributed by atoms with Crippen LogP contribution in [0.1, 0.15) is 11.3 Å². The molecule has 4 rings (SSSR count). The lowest BCUT2D eigenvalue weighted by molar-refractivity contribution is 0.810. The van der Waals surface area contributed by atoms with Gasteiger partial charge in [-0.3, -0.25) is 4.79 Å². The van der Waals surface area contributed by atoms with E-state index >= 15 is 0 Å². The Labute approximate surface area is 152 Å². The minimum atomic E-state index is -0.211. The molecule has 0 aliphatic rings. The molecule has 0 N–H and O–H groups in total. The van der Waals surface area contributed by atoms with Crippen molar-refractivity contribution in [3.05, 3.63) is 76.2 Å². The summed E-state index contributed by atoms with van der Waals surface area (Å²) in [4.78, 5) is 14.4. The topological polar surface area (TPSA) is 60.1 Å². The molecule has 0 aliphatic carbocycles. The first kappa shape index (κ1) is 16.0. The lowest BCUT2D eigenvalue weighted by Crippen LogP contribution is -2.22. The average molecular weight is 366 g/mol. The lowest BCUT2D eigenvalue weighted by atomic mass is 10.1. The zero-order valence-electron chi connectivity index (χ0n) is 13.4. The summed E-state index contributed by atoms with van der Waals surface area (Å²) >= 11 is 3.05. The van der Waals surface area contributed by atoms with Crippen LogP contribution < -0.4 is 5.56 Å². The van der Waals surface area contributed by atoms with Gasteiger partial charge in [0.1, 0.15) is 10.7 Å². The molecular weight excluding hydrogens is 352 g/mol. The second-order valence-corrected chi connectivity index (χ2v) is 7.28. The van der Waals surface area contributed by atoms with Gasteiger partial charge in [-0.2, -0.15) is 9.61 Å². The maximum absolute atomic E-state index is 12.7. The number of nitrogens with zero attached hydrogens (tertiary/aromatic N) is 4. The molecular formula is C18H14N4OS2. The zero-order valence-corrected chi connectivity index (χ0v) is 15.0. The van der Waals surface area contributed by atoms with E-state index < -0.39 is 0 Å². The van der Waals surface area contributed by atoms with E-state index in [4.69, 9.17) is 0 Å². The molecule has 25 heavy (non-hydrogen) atoms. The first-order valence-electron chi connectivity index (χ1n) is 7.68. The molecule has 0 amide bonds. The van der Waals surface area contributed by atoms with E-state index in [0.29, 0.717) is 17.1 Å². The molecule has 0 bridgehead atoms. The van der Waals surface area contributed by atoms with Gasteiger partial charge >= 0.3 is 0 Å². The molecule has 2 aromatic carbocycles. The molecule has 0 unspecified atom stereocenters. The first-order chi connectivity index (χ1) is 12.2. The summed E-state index contributed by atoms with van der Waals surface area (Å²) in [6, 6.07) is 17.9. The molecule has 0 aliphatic heterocycles. The quantitative estimate of drug-likeness (QED) is 0.517. The van der Waals surface area contributed by atoms with Crippen molar-refractivity contribution in [2.45, 2.75) is 11.3 Å². The van der Waals surface area contributed by atoms with Crippen molar-refractivity contribution < 1.29 is 0 Å². The highest BCUT2D eigenvalue weighted by Gasteiger charge is 2.13. The molecule has 0 saturated carbocycles. The lowest BCUT2D eigenvalue weighted by Gasteiger charge is -2.01. The third-order valence-corrected chi connectivity index (χ3v) is 5.50. The Balaban J connectivity index is 1.71. The maximum atomic E-state index is 12.7.